The molecule has 1 saturated heterocycles. The number of hydrogen-bond acceptors (Lipinski definition) is 4. The Morgan fingerprint density at radius 1 is 1.47 bits per heavy atom. The molecule has 1 aliphatic rings. The molecule has 0 radical (unpaired) electrons. The lowest BCUT2D eigenvalue weighted by Crippen LogP contribution is -2.32. The van der Waals surface area contributed by atoms with Crippen LogP contribution in [0.1, 0.15) is 24.1 Å². The van der Waals surface area contributed by atoms with E-state index in [1.807, 2.05) is 18.7 Å². The van der Waals surface area contributed by atoms with Gasteiger partial charge in [0.1, 0.15) is 0 Å². The van der Waals surface area contributed by atoms with E-state index in [1.54, 1.807) is 7.11 Å². The fourth-order valence-corrected chi connectivity index (χ4v) is 3.39. The smallest absolute Gasteiger partial charge is 0.216 e. The molecule has 0 aliphatic carbocycles. The number of ether oxygens (including phenoxy) is 1. The van der Waals surface area contributed by atoms with Crippen LogP contribution in [0.4, 0.5) is 0 Å². The Bertz CT molecular complexity index is 372. The minimum absolute atomic E-state index is 0.653. The molecule has 0 saturated carbocycles. The molecule has 0 bridgehead atoms. The maximum Gasteiger partial charge on any atom is 0.216 e. The molecule has 5 heteroatoms. The highest BCUT2D eigenvalue weighted by Crippen LogP contribution is 2.22. The Morgan fingerprint density at radius 2 is 2.18 bits per heavy atom. The molecule has 1 fully saturated rings. The van der Waals surface area contributed by atoms with Gasteiger partial charge in [-0.3, -0.25) is 0 Å². The quantitative estimate of drug-likeness (QED) is 0.889. The van der Waals surface area contributed by atoms with Gasteiger partial charge in [0.25, 0.3) is 0 Å². The molecule has 1 aromatic rings. The van der Waals surface area contributed by atoms with Gasteiger partial charge in [-0.15, -0.1) is 0 Å². The molecule has 0 aromatic carbocycles. The number of aryl methyl sites for hydroxylation is 2. The standard InChI is InChI=1S/C12H21N3OS/c1-9-11(12(16-3)15(2)14-9)8-13-10-4-6-17-7-5-10/h10,13H,4-8H2,1-3H3. The molecule has 1 N–H and O–H groups in total. The highest BCUT2D eigenvalue weighted by molar-refractivity contribution is 7.99. The molecular weight excluding hydrogens is 234 g/mol. The third-order valence-corrected chi connectivity index (χ3v) is 4.32. The average molecular weight is 255 g/mol. The number of thioether (sulfide) groups is 1. The van der Waals surface area contributed by atoms with E-state index in [-0.39, 0.29) is 0 Å². The van der Waals surface area contributed by atoms with Crippen LogP contribution in [-0.4, -0.2) is 34.4 Å². The van der Waals surface area contributed by atoms with Gasteiger partial charge in [0.05, 0.1) is 18.4 Å². The van der Waals surface area contributed by atoms with Crippen molar-refractivity contribution in [2.45, 2.75) is 32.4 Å². The van der Waals surface area contributed by atoms with E-state index in [1.165, 1.54) is 29.9 Å². The van der Waals surface area contributed by atoms with E-state index < -0.39 is 0 Å². The van der Waals surface area contributed by atoms with Gasteiger partial charge in [0, 0.05) is 19.6 Å². The Hall–Kier alpha value is -0.680. The summed E-state index contributed by atoms with van der Waals surface area (Å²) in [6.07, 6.45) is 2.54. The maximum absolute atomic E-state index is 5.39. The summed E-state index contributed by atoms with van der Waals surface area (Å²) in [6.45, 7) is 2.90. The molecule has 4 nitrogen and oxygen atoms in total. The van der Waals surface area contributed by atoms with Crippen molar-refractivity contribution < 1.29 is 4.74 Å². The minimum Gasteiger partial charge on any atom is -0.481 e. The second-order valence-corrected chi connectivity index (χ2v) is 5.69. The Labute approximate surface area is 107 Å². The maximum atomic E-state index is 5.39. The van der Waals surface area contributed by atoms with Crippen molar-refractivity contribution in [1.82, 2.24) is 15.1 Å². The predicted molar refractivity (Wildman–Crippen MR) is 71.7 cm³/mol. The molecule has 2 heterocycles. The second kappa shape index (κ2) is 5.78. The van der Waals surface area contributed by atoms with Crippen LogP contribution in [0.3, 0.4) is 0 Å². The Kier molecular flexibility index (Phi) is 4.34. The van der Waals surface area contributed by atoms with Crippen molar-refractivity contribution in [2.24, 2.45) is 7.05 Å². The summed E-state index contributed by atoms with van der Waals surface area (Å²) in [4.78, 5) is 0. The highest BCUT2D eigenvalue weighted by atomic mass is 32.2. The first-order valence-corrected chi connectivity index (χ1v) is 7.25. The van der Waals surface area contributed by atoms with Crippen LogP contribution in [0.2, 0.25) is 0 Å². The van der Waals surface area contributed by atoms with E-state index in [4.69, 9.17) is 4.74 Å². The molecule has 0 spiro atoms. The van der Waals surface area contributed by atoms with Crippen molar-refractivity contribution in [3.05, 3.63) is 11.3 Å². The van der Waals surface area contributed by atoms with Gasteiger partial charge in [-0.1, -0.05) is 0 Å². The first-order chi connectivity index (χ1) is 8.22. The van der Waals surface area contributed by atoms with Crippen LogP contribution < -0.4 is 10.1 Å². The van der Waals surface area contributed by atoms with Gasteiger partial charge >= 0.3 is 0 Å². The molecule has 0 amide bonds. The van der Waals surface area contributed by atoms with E-state index in [9.17, 15) is 0 Å². The van der Waals surface area contributed by atoms with Gasteiger partial charge in [-0.05, 0) is 31.3 Å². The summed E-state index contributed by atoms with van der Waals surface area (Å²) in [7, 11) is 3.63. The zero-order valence-electron chi connectivity index (χ0n) is 10.8. The number of aromatic nitrogens is 2. The first-order valence-electron chi connectivity index (χ1n) is 6.10. The van der Waals surface area contributed by atoms with E-state index in [2.05, 4.69) is 22.2 Å². The summed E-state index contributed by atoms with van der Waals surface area (Å²) >= 11 is 2.05. The number of nitrogens with zero attached hydrogens (tertiary/aromatic N) is 2. The molecule has 0 atom stereocenters. The molecule has 1 aliphatic heterocycles. The van der Waals surface area contributed by atoms with E-state index in [0.29, 0.717) is 6.04 Å². The molecule has 1 aromatic heterocycles. The summed E-state index contributed by atoms with van der Waals surface area (Å²) in [6, 6.07) is 0.653. The summed E-state index contributed by atoms with van der Waals surface area (Å²) in [5.41, 5.74) is 2.25. The van der Waals surface area contributed by atoms with Crippen molar-refractivity contribution >= 4 is 11.8 Å². The number of hydrogen-bond donors (Lipinski definition) is 1. The molecule has 17 heavy (non-hydrogen) atoms. The SMILES string of the molecule is COc1c(CNC2CCSCC2)c(C)nn1C. The number of rotatable bonds is 4. The Balaban J connectivity index is 1.97. The lowest BCUT2D eigenvalue weighted by atomic mass is 10.1. The zero-order valence-corrected chi connectivity index (χ0v) is 11.6. The normalized spacial score (nSPS) is 17.4. The summed E-state index contributed by atoms with van der Waals surface area (Å²) < 4.78 is 7.20. The topological polar surface area (TPSA) is 39.1 Å². The highest BCUT2D eigenvalue weighted by Gasteiger charge is 2.17. The van der Waals surface area contributed by atoms with Crippen LogP contribution in [0.5, 0.6) is 5.88 Å². The third-order valence-electron chi connectivity index (χ3n) is 3.27. The largest absolute Gasteiger partial charge is 0.481 e. The lowest BCUT2D eigenvalue weighted by Gasteiger charge is -2.22. The molecular formula is C12H21N3OS. The van der Waals surface area contributed by atoms with E-state index in [0.717, 1.165) is 18.1 Å². The van der Waals surface area contributed by atoms with Gasteiger partial charge < -0.3 is 10.1 Å². The van der Waals surface area contributed by atoms with Crippen molar-refractivity contribution in [3.8, 4) is 5.88 Å². The number of methoxy groups -OCH3 is 1. The average Bonchev–Trinajstić information content (AvgIpc) is 2.62. The third kappa shape index (κ3) is 2.96. The van der Waals surface area contributed by atoms with Gasteiger partial charge in [-0.25, -0.2) is 4.68 Å². The second-order valence-electron chi connectivity index (χ2n) is 4.46. The van der Waals surface area contributed by atoms with Crippen molar-refractivity contribution in [3.63, 3.8) is 0 Å². The van der Waals surface area contributed by atoms with Crippen molar-refractivity contribution in [2.75, 3.05) is 18.6 Å². The van der Waals surface area contributed by atoms with Crippen LogP contribution in [0, 0.1) is 6.92 Å². The van der Waals surface area contributed by atoms with E-state index >= 15 is 0 Å². The predicted octanol–water partition coefficient (Wildman–Crippen LogP) is 1.72. The fourth-order valence-electron chi connectivity index (χ4n) is 2.29. The zero-order chi connectivity index (χ0) is 12.3. The molecule has 2 rings (SSSR count). The molecule has 0 unspecified atom stereocenters. The summed E-state index contributed by atoms with van der Waals surface area (Å²) in [5, 5.41) is 8.01. The Morgan fingerprint density at radius 3 is 2.82 bits per heavy atom. The summed E-state index contributed by atoms with van der Waals surface area (Å²) in [5.74, 6) is 3.43. The van der Waals surface area contributed by atoms with Gasteiger partial charge in [-0.2, -0.15) is 16.9 Å². The lowest BCUT2D eigenvalue weighted by molar-refractivity contribution is 0.365. The monoisotopic (exact) mass is 255 g/mol. The van der Waals surface area contributed by atoms with Crippen LogP contribution in [-0.2, 0) is 13.6 Å². The number of nitrogens with one attached hydrogen (secondary N) is 1. The first kappa shape index (κ1) is 12.8. The van der Waals surface area contributed by atoms with Gasteiger partial charge in [0.2, 0.25) is 5.88 Å². The fraction of sp³-hybridized carbons (Fsp3) is 0.750. The van der Waals surface area contributed by atoms with Crippen LogP contribution >= 0.6 is 11.8 Å². The van der Waals surface area contributed by atoms with Gasteiger partial charge in [0.15, 0.2) is 0 Å². The molecule has 96 valence electrons. The van der Waals surface area contributed by atoms with Crippen LogP contribution in [0.15, 0.2) is 0 Å². The minimum atomic E-state index is 0.653. The van der Waals surface area contributed by atoms with Crippen molar-refractivity contribution in [1.29, 1.82) is 0 Å². The van der Waals surface area contributed by atoms with Crippen LogP contribution in [0.25, 0.3) is 0 Å².